The molecule has 1 unspecified atom stereocenters. The summed E-state index contributed by atoms with van der Waals surface area (Å²) in [4.78, 5) is 72.3. The second-order valence-corrected chi connectivity index (χ2v) is 11.5. The number of nitrogens with one attached hydrogen (secondary N) is 3. The number of hydrogen-bond acceptors (Lipinski definition) is 6. The first-order valence-corrected chi connectivity index (χ1v) is 14.2. The van der Waals surface area contributed by atoms with Gasteiger partial charge in [0, 0.05) is 43.0 Å². The summed E-state index contributed by atoms with van der Waals surface area (Å²) < 4.78 is 5.44. The lowest BCUT2D eigenvalue weighted by molar-refractivity contribution is -0.141. The number of amides is 4. The fourth-order valence-electron chi connectivity index (χ4n) is 6.64. The maximum Gasteiger partial charge on any atom is 0.289 e. The number of rotatable bonds is 9. The van der Waals surface area contributed by atoms with Crippen molar-refractivity contribution in [1.82, 2.24) is 25.4 Å². The first-order valence-electron chi connectivity index (χ1n) is 14.2. The highest BCUT2D eigenvalue weighted by atomic mass is 16.5. The molecule has 4 aliphatic rings. The van der Waals surface area contributed by atoms with Crippen LogP contribution in [-0.4, -0.2) is 89.1 Å². The topological polar surface area (TPSA) is 141 Å². The molecule has 2 saturated heterocycles. The molecule has 1 aromatic heterocycles. The van der Waals surface area contributed by atoms with E-state index in [1.54, 1.807) is 18.1 Å². The molecule has 1 aromatic carbocycles. The van der Waals surface area contributed by atoms with Crippen LogP contribution in [0.25, 0.3) is 10.9 Å². The second kappa shape index (κ2) is 10.6. The first kappa shape index (κ1) is 26.3. The van der Waals surface area contributed by atoms with Gasteiger partial charge in [-0.1, -0.05) is 12.5 Å². The van der Waals surface area contributed by atoms with E-state index < -0.39 is 29.7 Å². The molecule has 4 fully saturated rings. The smallest absolute Gasteiger partial charge is 0.289 e. The molecule has 2 saturated carbocycles. The first-order chi connectivity index (χ1) is 19.3. The van der Waals surface area contributed by atoms with Gasteiger partial charge in [-0.2, -0.15) is 0 Å². The van der Waals surface area contributed by atoms with Gasteiger partial charge in [0.2, 0.25) is 17.6 Å². The fourth-order valence-corrected chi connectivity index (χ4v) is 6.64. The molecule has 4 atom stereocenters. The molecule has 0 spiro atoms. The second-order valence-electron chi connectivity index (χ2n) is 11.5. The molecule has 2 aromatic rings. The highest BCUT2D eigenvalue weighted by molar-refractivity contribution is 6.38. The van der Waals surface area contributed by atoms with Crippen LogP contribution in [0.4, 0.5) is 0 Å². The maximum absolute atomic E-state index is 13.9. The predicted octanol–water partition coefficient (Wildman–Crippen LogP) is 1.37. The third-order valence-electron chi connectivity index (χ3n) is 8.84. The monoisotopic (exact) mass is 549 g/mol. The standard InChI is InChI=1S/C29H35N5O6/c1-40-23-8-3-7-20-19(23)13-21(31-20)29(39)34-14-16-5-2-6-18(16)25(34)27(37)32-22(15-33-12-4-9-24(33)35)26(36)28(38)30-17-10-11-17/h3,7-8,13,16-18,22,25,31H,2,4-6,9-12,14-15H2,1H3,(H,30,38)(H,32,37)/t16-,18-,22?,25-/m0/s1. The average molecular weight is 550 g/mol. The Hall–Kier alpha value is -3.89. The Labute approximate surface area is 232 Å². The van der Waals surface area contributed by atoms with Gasteiger partial charge in [0.1, 0.15) is 23.5 Å². The predicted molar refractivity (Wildman–Crippen MR) is 144 cm³/mol. The number of hydrogen-bond donors (Lipinski definition) is 3. The summed E-state index contributed by atoms with van der Waals surface area (Å²) in [6.45, 7) is 0.864. The molecule has 40 heavy (non-hydrogen) atoms. The number of aromatic nitrogens is 1. The van der Waals surface area contributed by atoms with Gasteiger partial charge in [0.15, 0.2) is 0 Å². The van der Waals surface area contributed by atoms with E-state index in [4.69, 9.17) is 4.74 Å². The minimum atomic E-state index is -1.18. The van der Waals surface area contributed by atoms with E-state index in [9.17, 15) is 24.0 Å². The molecule has 2 aliphatic carbocycles. The average Bonchev–Trinajstić information content (AvgIpc) is 3.30. The molecule has 4 amide bonds. The van der Waals surface area contributed by atoms with Gasteiger partial charge in [0.05, 0.1) is 7.11 Å². The van der Waals surface area contributed by atoms with Gasteiger partial charge in [-0.15, -0.1) is 0 Å². The molecule has 3 N–H and O–H groups in total. The summed E-state index contributed by atoms with van der Waals surface area (Å²) in [5.41, 5.74) is 1.11. The Morgan fingerprint density at radius 2 is 1.95 bits per heavy atom. The summed E-state index contributed by atoms with van der Waals surface area (Å²) in [5.74, 6) is -1.57. The van der Waals surface area contributed by atoms with Crippen molar-refractivity contribution in [1.29, 1.82) is 0 Å². The largest absolute Gasteiger partial charge is 0.496 e. The van der Waals surface area contributed by atoms with Crippen molar-refractivity contribution in [3.63, 3.8) is 0 Å². The molecule has 2 aliphatic heterocycles. The van der Waals surface area contributed by atoms with Crippen LogP contribution in [0.2, 0.25) is 0 Å². The van der Waals surface area contributed by atoms with Crippen LogP contribution in [0.3, 0.4) is 0 Å². The van der Waals surface area contributed by atoms with Crippen molar-refractivity contribution < 1.29 is 28.7 Å². The van der Waals surface area contributed by atoms with Crippen molar-refractivity contribution in [3.8, 4) is 5.75 Å². The molecular weight excluding hydrogens is 514 g/mol. The van der Waals surface area contributed by atoms with E-state index in [2.05, 4.69) is 15.6 Å². The van der Waals surface area contributed by atoms with Gasteiger partial charge < -0.3 is 30.2 Å². The van der Waals surface area contributed by atoms with Crippen LogP contribution >= 0.6 is 0 Å². The van der Waals surface area contributed by atoms with Crippen molar-refractivity contribution in [2.75, 3.05) is 26.7 Å². The van der Waals surface area contributed by atoms with Crippen molar-refractivity contribution >= 4 is 40.3 Å². The van der Waals surface area contributed by atoms with Crippen LogP contribution in [0.1, 0.15) is 55.4 Å². The zero-order valence-electron chi connectivity index (χ0n) is 22.6. The summed E-state index contributed by atoms with van der Waals surface area (Å²) in [6.07, 6.45) is 5.40. The lowest BCUT2D eigenvalue weighted by Crippen LogP contribution is -2.58. The number of carbonyl (C=O) groups is 5. The maximum atomic E-state index is 13.9. The van der Waals surface area contributed by atoms with Gasteiger partial charge >= 0.3 is 0 Å². The fraction of sp³-hybridized carbons (Fsp3) is 0.552. The molecule has 6 rings (SSSR count). The number of likely N-dealkylation sites (tertiary alicyclic amines) is 2. The number of Topliss-reactive ketones (excluding diaryl/α,β-unsaturated/α-hetero) is 1. The van der Waals surface area contributed by atoms with Crippen molar-refractivity contribution in [2.24, 2.45) is 11.8 Å². The van der Waals surface area contributed by atoms with Crippen LogP contribution in [-0.2, 0) is 19.2 Å². The number of benzene rings is 1. The number of fused-ring (bicyclic) bond motifs is 2. The zero-order chi connectivity index (χ0) is 28.0. The normalized spacial score (nSPS) is 24.7. The number of nitrogens with zero attached hydrogens (tertiary/aromatic N) is 2. The third kappa shape index (κ3) is 4.93. The van der Waals surface area contributed by atoms with Gasteiger partial charge in [-0.25, -0.2) is 0 Å². The summed E-state index contributed by atoms with van der Waals surface area (Å²) in [7, 11) is 1.57. The molecule has 11 heteroatoms. The SMILES string of the molecule is COc1cccc2[nH]c(C(=O)N3C[C@@H]4CCC[C@@H]4[C@H]3C(=O)NC(CN3CCCC3=O)C(=O)C(=O)NC3CC3)cc12. The number of ketones is 1. The van der Waals surface area contributed by atoms with Crippen LogP contribution in [0.15, 0.2) is 24.3 Å². The van der Waals surface area contributed by atoms with Gasteiger partial charge in [-0.3, -0.25) is 24.0 Å². The van der Waals surface area contributed by atoms with E-state index in [0.29, 0.717) is 37.4 Å². The molecule has 0 radical (unpaired) electrons. The number of ether oxygens (including phenoxy) is 1. The van der Waals surface area contributed by atoms with E-state index in [-0.39, 0.29) is 36.2 Å². The minimum Gasteiger partial charge on any atom is -0.496 e. The van der Waals surface area contributed by atoms with E-state index in [1.807, 2.05) is 18.2 Å². The molecule has 3 heterocycles. The van der Waals surface area contributed by atoms with Gasteiger partial charge in [-0.05, 0) is 62.1 Å². The Morgan fingerprint density at radius 1 is 1.12 bits per heavy atom. The van der Waals surface area contributed by atoms with E-state index in [0.717, 1.165) is 43.0 Å². The van der Waals surface area contributed by atoms with Crippen LogP contribution in [0, 0.1) is 11.8 Å². The molecule has 11 nitrogen and oxygen atoms in total. The Bertz CT molecular complexity index is 1370. The van der Waals surface area contributed by atoms with Crippen LogP contribution < -0.4 is 15.4 Å². The molecule has 212 valence electrons. The number of H-pyrrole nitrogens is 1. The van der Waals surface area contributed by atoms with E-state index >= 15 is 0 Å². The van der Waals surface area contributed by atoms with Crippen molar-refractivity contribution in [2.45, 2.75) is 63.1 Å². The quantitative estimate of drug-likeness (QED) is 0.404. The lowest BCUT2D eigenvalue weighted by Gasteiger charge is -2.30. The van der Waals surface area contributed by atoms with Crippen molar-refractivity contribution in [3.05, 3.63) is 30.0 Å². The summed E-state index contributed by atoms with van der Waals surface area (Å²) in [5, 5.41) is 6.28. The number of aromatic amines is 1. The van der Waals surface area contributed by atoms with Gasteiger partial charge in [0.25, 0.3) is 11.8 Å². The molecular formula is C29H35N5O6. The number of carbonyl (C=O) groups excluding carboxylic acids is 5. The zero-order valence-corrected chi connectivity index (χ0v) is 22.6. The minimum absolute atomic E-state index is 0.0154. The Kier molecular flexibility index (Phi) is 6.97. The Morgan fingerprint density at radius 3 is 2.67 bits per heavy atom. The summed E-state index contributed by atoms with van der Waals surface area (Å²) >= 11 is 0. The summed E-state index contributed by atoms with van der Waals surface area (Å²) in [6, 6.07) is 5.30. The lowest BCUT2D eigenvalue weighted by atomic mass is 9.93. The third-order valence-corrected chi connectivity index (χ3v) is 8.84. The van der Waals surface area contributed by atoms with Crippen LogP contribution in [0.5, 0.6) is 5.75 Å². The van der Waals surface area contributed by atoms with E-state index in [1.165, 1.54) is 4.90 Å². The Balaban J connectivity index is 1.25. The highest BCUT2D eigenvalue weighted by Crippen LogP contribution is 2.43. The highest BCUT2D eigenvalue weighted by Gasteiger charge is 2.50. The molecule has 0 bridgehead atoms. The number of methoxy groups -OCH3 is 1.